The quantitative estimate of drug-likeness (QED) is 0.522. The first-order valence-electron chi connectivity index (χ1n) is 5.36. The molecule has 0 spiro atoms. The van der Waals surface area contributed by atoms with E-state index in [1.807, 2.05) is 6.08 Å². The first-order valence-corrected chi connectivity index (χ1v) is 5.36. The second-order valence-electron chi connectivity index (χ2n) is 5.23. The van der Waals surface area contributed by atoms with Crippen molar-refractivity contribution in [3.63, 3.8) is 0 Å². The average molecular weight is 207 g/mol. The van der Waals surface area contributed by atoms with Gasteiger partial charge in [0.1, 0.15) is 6.29 Å². The van der Waals surface area contributed by atoms with Crippen LogP contribution in [0.3, 0.4) is 0 Å². The highest BCUT2D eigenvalue weighted by molar-refractivity contribution is 5.63. The first-order chi connectivity index (χ1) is 6.88. The van der Waals surface area contributed by atoms with Gasteiger partial charge in [0, 0.05) is 12.5 Å². The van der Waals surface area contributed by atoms with Crippen LogP contribution in [0.2, 0.25) is 0 Å². The number of rotatable bonds is 3. The van der Waals surface area contributed by atoms with Gasteiger partial charge in [-0.2, -0.15) is 0 Å². The highest BCUT2D eigenvalue weighted by Gasteiger charge is 2.35. The van der Waals surface area contributed by atoms with E-state index in [0.717, 1.165) is 18.4 Å². The third kappa shape index (κ3) is 2.57. The van der Waals surface area contributed by atoms with E-state index in [1.165, 1.54) is 0 Å². The van der Waals surface area contributed by atoms with Crippen LogP contribution < -0.4 is 0 Å². The maximum atomic E-state index is 10.9. The second-order valence-corrected chi connectivity index (χ2v) is 5.23. The number of allylic oxidation sites excluding steroid dienone is 2. The average Bonchev–Trinajstić information content (AvgIpc) is 2.12. The summed E-state index contributed by atoms with van der Waals surface area (Å²) in [4.78, 5) is 13.0. The summed E-state index contributed by atoms with van der Waals surface area (Å²) in [7, 11) is 4.11. The molecule has 2 nitrogen and oxygen atoms in total. The zero-order valence-electron chi connectivity index (χ0n) is 10.2. The molecule has 0 N–H and O–H groups in total. The fourth-order valence-electron chi connectivity index (χ4n) is 2.15. The molecule has 1 rings (SSSR count). The largest absolute Gasteiger partial charge is 0.309 e. The third-order valence-corrected chi connectivity index (χ3v) is 3.20. The molecule has 0 bridgehead atoms. The third-order valence-electron chi connectivity index (χ3n) is 3.20. The van der Waals surface area contributed by atoms with Crippen molar-refractivity contribution in [1.82, 2.24) is 4.90 Å². The number of aldehydes is 1. The summed E-state index contributed by atoms with van der Waals surface area (Å²) < 4.78 is 0. The molecule has 0 aliphatic heterocycles. The van der Waals surface area contributed by atoms with Gasteiger partial charge in [0.05, 0.1) is 5.92 Å². The predicted octanol–water partition coefficient (Wildman–Crippen LogP) is 2.13. The van der Waals surface area contributed by atoms with Crippen molar-refractivity contribution in [2.24, 2.45) is 17.3 Å². The monoisotopic (exact) mass is 207 g/mol. The summed E-state index contributed by atoms with van der Waals surface area (Å²) >= 11 is 0. The van der Waals surface area contributed by atoms with Crippen LogP contribution in [0.25, 0.3) is 0 Å². The molecule has 0 saturated carbocycles. The molecule has 0 saturated heterocycles. The molecule has 84 valence electrons. The van der Waals surface area contributed by atoms with Crippen LogP contribution in [0.1, 0.15) is 13.8 Å². The lowest BCUT2D eigenvalue weighted by Gasteiger charge is -2.39. The van der Waals surface area contributed by atoms with E-state index in [-0.39, 0.29) is 11.3 Å². The van der Waals surface area contributed by atoms with Gasteiger partial charge in [-0.1, -0.05) is 38.2 Å². The minimum Gasteiger partial charge on any atom is -0.309 e. The van der Waals surface area contributed by atoms with E-state index < -0.39 is 0 Å². The Morgan fingerprint density at radius 3 is 2.60 bits per heavy atom. The fourth-order valence-corrected chi connectivity index (χ4v) is 2.15. The Balaban J connectivity index is 2.95. The van der Waals surface area contributed by atoms with Crippen molar-refractivity contribution in [2.45, 2.75) is 13.8 Å². The first kappa shape index (κ1) is 12.2. The van der Waals surface area contributed by atoms with Gasteiger partial charge in [0.2, 0.25) is 0 Å². The number of carbonyl (C=O) groups excluding carboxylic acids is 1. The molecule has 0 radical (unpaired) electrons. The Morgan fingerprint density at radius 2 is 2.13 bits per heavy atom. The molecular formula is C13H21NO. The van der Waals surface area contributed by atoms with Crippen LogP contribution in [-0.2, 0) is 4.79 Å². The predicted molar refractivity (Wildman–Crippen MR) is 63.7 cm³/mol. The van der Waals surface area contributed by atoms with Gasteiger partial charge in [-0.05, 0) is 19.5 Å². The molecule has 0 aromatic heterocycles. The molecule has 0 heterocycles. The normalized spacial score (nSPS) is 29.5. The molecule has 2 heteroatoms. The van der Waals surface area contributed by atoms with Crippen molar-refractivity contribution >= 4 is 6.29 Å². The van der Waals surface area contributed by atoms with Gasteiger partial charge in [0.15, 0.2) is 0 Å². The van der Waals surface area contributed by atoms with Crippen LogP contribution in [0.15, 0.2) is 24.3 Å². The molecule has 2 atom stereocenters. The van der Waals surface area contributed by atoms with Gasteiger partial charge >= 0.3 is 0 Å². The van der Waals surface area contributed by atoms with Crippen LogP contribution >= 0.6 is 0 Å². The lowest BCUT2D eigenvalue weighted by atomic mass is 9.67. The standard InChI is InChI=1S/C13H21NO/c1-10-11(9-15)6-7-13(2,3)12(10)8-14(4)5/h6-7,9,11-12H,1,8H2,2-5H3. The maximum absolute atomic E-state index is 10.9. The molecule has 0 aromatic carbocycles. The topological polar surface area (TPSA) is 20.3 Å². The summed E-state index contributed by atoms with van der Waals surface area (Å²) in [6.45, 7) is 9.43. The maximum Gasteiger partial charge on any atom is 0.130 e. The van der Waals surface area contributed by atoms with E-state index in [2.05, 4.69) is 45.5 Å². The Labute approximate surface area is 92.7 Å². The van der Waals surface area contributed by atoms with Gasteiger partial charge in [-0.25, -0.2) is 0 Å². The van der Waals surface area contributed by atoms with E-state index >= 15 is 0 Å². The van der Waals surface area contributed by atoms with Crippen molar-refractivity contribution in [3.8, 4) is 0 Å². The smallest absolute Gasteiger partial charge is 0.130 e. The minimum absolute atomic E-state index is 0.0945. The number of carbonyl (C=O) groups is 1. The molecule has 1 aliphatic rings. The van der Waals surface area contributed by atoms with Crippen LogP contribution in [-0.4, -0.2) is 31.8 Å². The summed E-state index contributed by atoms with van der Waals surface area (Å²) in [5.74, 6) is 0.260. The Hall–Kier alpha value is -0.890. The summed E-state index contributed by atoms with van der Waals surface area (Å²) in [5, 5.41) is 0. The van der Waals surface area contributed by atoms with E-state index in [9.17, 15) is 4.79 Å². The second kappa shape index (κ2) is 4.31. The van der Waals surface area contributed by atoms with Crippen molar-refractivity contribution in [1.29, 1.82) is 0 Å². The van der Waals surface area contributed by atoms with E-state index in [0.29, 0.717) is 5.92 Å². The zero-order valence-corrected chi connectivity index (χ0v) is 10.2. The minimum atomic E-state index is -0.0945. The van der Waals surface area contributed by atoms with E-state index in [4.69, 9.17) is 0 Å². The Bertz CT molecular complexity index is 289. The number of hydrogen-bond acceptors (Lipinski definition) is 2. The van der Waals surface area contributed by atoms with Gasteiger partial charge < -0.3 is 9.69 Å². The van der Waals surface area contributed by atoms with Crippen LogP contribution in [0, 0.1) is 17.3 Å². The Morgan fingerprint density at radius 1 is 1.53 bits per heavy atom. The lowest BCUT2D eigenvalue weighted by molar-refractivity contribution is -0.109. The van der Waals surface area contributed by atoms with E-state index in [1.54, 1.807) is 0 Å². The molecule has 2 unspecified atom stereocenters. The lowest BCUT2D eigenvalue weighted by Crippen LogP contribution is -2.37. The number of hydrogen-bond donors (Lipinski definition) is 0. The molecule has 0 aromatic rings. The summed E-state index contributed by atoms with van der Waals surface area (Å²) in [6, 6.07) is 0. The molecule has 1 aliphatic carbocycles. The highest BCUT2D eigenvalue weighted by Crippen LogP contribution is 2.40. The number of nitrogens with zero attached hydrogens (tertiary/aromatic N) is 1. The molecular weight excluding hydrogens is 186 g/mol. The van der Waals surface area contributed by atoms with Gasteiger partial charge in [-0.3, -0.25) is 0 Å². The molecule has 0 fully saturated rings. The Kier molecular flexibility index (Phi) is 3.50. The molecule has 15 heavy (non-hydrogen) atoms. The van der Waals surface area contributed by atoms with Crippen molar-refractivity contribution in [3.05, 3.63) is 24.3 Å². The van der Waals surface area contributed by atoms with Gasteiger partial charge in [0.25, 0.3) is 0 Å². The van der Waals surface area contributed by atoms with Gasteiger partial charge in [-0.15, -0.1) is 0 Å². The van der Waals surface area contributed by atoms with Crippen molar-refractivity contribution < 1.29 is 4.79 Å². The van der Waals surface area contributed by atoms with Crippen molar-refractivity contribution in [2.75, 3.05) is 20.6 Å². The SMILES string of the molecule is C=C1C(C=O)C=CC(C)(C)C1CN(C)C. The van der Waals surface area contributed by atoms with Crippen LogP contribution in [0.5, 0.6) is 0 Å². The summed E-state index contributed by atoms with van der Waals surface area (Å²) in [5.41, 5.74) is 1.15. The molecule has 0 amide bonds. The highest BCUT2D eigenvalue weighted by atomic mass is 16.1. The van der Waals surface area contributed by atoms with Crippen LogP contribution in [0.4, 0.5) is 0 Å². The fraction of sp³-hybridized carbons (Fsp3) is 0.615. The summed E-state index contributed by atoms with van der Waals surface area (Å²) in [6.07, 6.45) is 5.10. The zero-order chi connectivity index (χ0) is 11.6.